The van der Waals surface area contributed by atoms with E-state index in [1.54, 1.807) is 6.26 Å². The van der Waals surface area contributed by atoms with Gasteiger partial charge in [0.2, 0.25) is 11.9 Å². The highest BCUT2D eigenvalue weighted by atomic mass is 32.2. The Kier molecular flexibility index (Phi) is 2.21. The fourth-order valence-electron chi connectivity index (χ4n) is 0.561. The Morgan fingerprint density at radius 2 is 1.80 bits per heavy atom. The lowest BCUT2D eigenvalue weighted by atomic mass is 10.5. The lowest BCUT2D eigenvalue weighted by Gasteiger charge is -1.94. The molecule has 10 heavy (non-hydrogen) atoms. The Bertz CT molecular complexity index is 219. The first kappa shape index (κ1) is 7.47. The minimum atomic E-state index is -0.774. The van der Waals surface area contributed by atoms with E-state index in [-0.39, 0.29) is 0 Å². The Hall–Kier alpha value is -0.640. The fraction of sp³-hybridized carbons (Fsp3) is 0.167. The maximum absolute atomic E-state index is 12.3. The molecule has 1 aromatic rings. The Morgan fingerprint density at radius 1 is 1.30 bits per heavy atom. The van der Waals surface area contributed by atoms with Gasteiger partial charge >= 0.3 is 0 Å². The molecule has 0 aliphatic rings. The van der Waals surface area contributed by atoms with Crippen LogP contribution in [0.25, 0.3) is 0 Å². The summed E-state index contributed by atoms with van der Waals surface area (Å²) in [6, 6.07) is 2.38. The van der Waals surface area contributed by atoms with Gasteiger partial charge in [-0.2, -0.15) is 13.8 Å². The van der Waals surface area contributed by atoms with Crippen LogP contribution in [0.3, 0.4) is 0 Å². The number of aromatic nitrogens is 1. The van der Waals surface area contributed by atoms with Gasteiger partial charge in [0.1, 0.15) is 0 Å². The zero-order valence-corrected chi connectivity index (χ0v) is 6.08. The third-order valence-electron chi connectivity index (χ3n) is 0.972. The van der Waals surface area contributed by atoms with Crippen LogP contribution in [-0.4, -0.2) is 11.2 Å². The zero-order chi connectivity index (χ0) is 7.56. The van der Waals surface area contributed by atoms with E-state index in [9.17, 15) is 8.78 Å². The summed E-state index contributed by atoms with van der Waals surface area (Å²) < 4.78 is 24.5. The molecule has 0 bridgehead atoms. The molecule has 0 aromatic carbocycles. The van der Waals surface area contributed by atoms with Crippen molar-refractivity contribution in [1.82, 2.24) is 4.98 Å². The Morgan fingerprint density at radius 3 is 2.20 bits per heavy atom. The molecule has 0 saturated carbocycles. The zero-order valence-electron chi connectivity index (χ0n) is 5.27. The van der Waals surface area contributed by atoms with E-state index in [1.165, 1.54) is 23.9 Å². The van der Waals surface area contributed by atoms with Gasteiger partial charge in [-0.15, -0.1) is 11.8 Å². The highest BCUT2D eigenvalue weighted by Gasteiger charge is 1.98. The van der Waals surface area contributed by atoms with Crippen molar-refractivity contribution in [3.8, 4) is 0 Å². The second kappa shape index (κ2) is 2.96. The topological polar surface area (TPSA) is 12.9 Å². The molecule has 0 aliphatic heterocycles. The molecule has 0 saturated heterocycles. The standard InChI is InChI=1S/C6H5F2NS/c1-10-4-2-5(7)9-6(8)3-4/h2-3H,1H3. The second-order valence-electron chi connectivity index (χ2n) is 1.65. The molecule has 1 heterocycles. The number of rotatable bonds is 1. The normalized spacial score (nSPS) is 9.90. The molecule has 0 amide bonds. The molecule has 0 radical (unpaired) electrons. The van der Waals surface area contributed by atoms with Gasteiger partial charge in [0.25, 0.3) is 0 Å². The number of hydrogen-bond acceptors (Lipinski definition) is 2. The van der Waals surface area contributed by atoms with Crippen molar-refractivity contribution in [3.05, 3.63) is 24.0 Å². The Labute approximate surface area is 61.5 Å². The van der Waals surface area contributed by atoms with Crippen molar-refractivity contribution in [2.75, 3.05) is 6.26 Å². The molecular formula is C6H5F2NS. The van der Waals surface area contributed by atoms with Crippen molar-refractivity contribution in [2.45, 2.75) is 4.90 Å². The molecule has 0 spiro atoms. The van der Waals surface area contributed by atoms with Crippen LogP contribution in [0.15, 0.2) is 17.0 Å². The van der Waals surface area contributed by atoms with Gasteiger partial charge in [0, 0.05) is 17.0 Å². The number of hydrogen-bond donors (Lipinski definition) is 0. The molecular weight excluding hydrogens is 156 g/mol. The maximum atomic E-state index is 12.3. The largest absolute Gasteiger partial charge is 0.216 e. The van der Waals surface area contributed by atoms with Crippen LogP contribution >= 0.6 is 11.8 Å². The summed E-state index contributed by atoms with van der Waals surface area (Å²) in [5.41, 5.74) is 0. The lowest BCUT2D eigenvalue weighted by Crippen LogP contribution is -1.87. The van der Waals surface area contributed by atoms with Crippen molar-refractivity contribution in [3.63, 3.8) is 0 Å². The lowest BCUT2D eigenvalue weighted by molar-refractivity contribution is 0.507. The van der Waals surface area contributed by atoms with Crippen LogP contribution in [0, 0.1) is 11.9 Å². The van der Waals surface area contributed by atoms with Gasteiger partial charge in [-0.25, -0.2) is 0 Å². The average Bonchev–Trinajstić information content (AvgIpc) is 1.85. The number of pyridine rings is 1. The summed E-state index contributed by atoms with van der Waals surface area (Å²) in [7, 11) is 0. The summed E-state index contributed by atoms with van der Waals surface area (Å²) in [6.45, 7) is 0. The first-order valence-corrected chi connectivity index (χ1v) is 3.82. The number of halogens is 2. The van der Waals surface area contributed by atoms with E-state index in [1.807, 2.05) is 0 Å². The molecule has 0 unspecified atom stereocenters. The minimum absolute atomic E-state index is 0.546. The molecule has 0 aliphatic carbocycles. The summed E-state index contributed by atoms with van der Waals surface area (Å²) in [5, 5.41) is 0. The molecule has 1 rings (SSSR count). The van der Waals surface area contributed by atoms with Gasteiger partial charge in [-0.3, -0.25) is 0 Å². The smallest absolute Gasteiger partial charge is 0.191 e. The van der Waals surface area contributed by atoms with Crippen molar-refractivity contribution in [2.24, 2.45) is 0 Å². The van der Waals surface area contributed by atoms with Crippen molar-refractivity contribution in [1.29, 1.82) is 0 Å². The SMILES string of the molecule is CSc1cc(F)nc(F)c1. The molecule has 4 heteroatoms. The summed E-state index contributed by atoms with van der Waals surface area (Å²) >= 11 is 1.28. The number of nitrogens with zero attached hydrogens (tertiary/aromatic N) is 1. The van der Waals surface area contributed by atoms with E-state index in [0.29, 0.717) is 4.90 Å². The first-order chi connectivity index (χ1) is 4.72. The Balaban J connectivity index is 3.06. The van der Waals surface area contributed by atoms with E-state index >= 15 is 0 Å². The monoisotopic (exact) mass is 161 g/mol. The minimum Gasteiger partial charge on any atom is -0.191 e. The van der Waals surface area contributed by atoms with Crippen LogP contribution < -0.4 is 0 Å². The van der Waals surface area contributed by atoms with Gasteiger partial charge in [0.05, 0.1) is 0 Å². The quantitative estimate of drug-likeness (QED) is 0.462. The average molecular weight is 161 g/mol. The van der Waals surface area contributed by atoms with Gasteiger partial charge < -0.3 is 0 Å². The van der Waals surface area contributed by atoms with Crippen LogP contribution in [0.1, 0.15) is 0 Å². The molecule has 54 valence electrons. The summed E-state index contributed by atoms with van der Waals surface area (Å²) in [5.74, 6) is -1.55. The molecule has 0 fully saturated rings. The van der Waals surface area contributed by atoms with Crippen molar-refractivity contribution < 1.29 is 8.78 Å². The highest BCUT2D eigenvalue weighted by Crippen LogP contribution is 2.14. The van der Waals surface area contributed by atoms with Gasteiger partial charge in [-0.1, -0.05) is 0 Å². The predicted molar refractivity (Wildman–Crippen MR) is 35.9 cm³/mol. The van der Waals surface area contributed by atoms with Crippen molar-refractivity contribution >= 4 is 11.8 Å². The molecule has 1 nitrogen and oxygen atoms in total. The fourth-order valence-corrected chi connectivity index (χ4v) is 0.991. The van der Waals surface area contributed by atoms with Crippen LogP contribution in [-0.2, 0) is 0 Å². The van der Waals surface area contributed by atoms with Gasteiger partial charge in [0.15, 0.2) is 0 Å². The highest BCUT2D eigenvalue weighted by molar-refractivity contribution is 7.98. The van der Waals surface area contributed by atoms with E-state index in [4.69, 9.17) is 0 Å². The number of thioether (sulfide) groups is 1. The summed E-state index contributed by atoms with van der Waals surface area (Å²) in [6.07, 6.45) is 1.74. The van der Waals surface area contributed by atoms with Crippen LogP contribution in [0.2, 0.25) is 0 Å². The maximum Gasteiger partial charge on any atom is 0.216 e. The third kappa shape index (κ3) is 1.67. The second-order valence-corrected chi connectivity index (χ2v) is 2.53. The predicted octanol–water partition coefficient (Wildman–Crippen LogP) is 2.08. The van der Waals surface area contributed by atoms with E-state index in [0.717, 1.165) is 0 Å². The molecule has 0 N–H and O–H groups in total. The van der Waals surface area contributed by atoms with E-state index < -0.39 is 11.9 Å². The molecule has 1 aromatic heterocycles. The third-order valence-corrected chi connectivity index (χ3v) is 1.68. The van der Waals surface area contributed by atoms with Crippen LogP contribution in [0.5, 0.6) is 0 Å². The van der Waals surface area contributed by atoms with E-state index in [2.05, 4.69) is 4.98 Å². The van der Waals surface area contributed by atoms with Crippen LogP contribution in [0.4, 0.5) is 8.78 Å². The van der Waals surface area contributed by atoms with Gasteiger partial charge in [-0.05, 0) is 6.26 Å². The molecule has 0 atom stereocenters. The first-order valence-electron chi connectivity index (χ1n) is 2.59. The summed E-state index contributed by atoms with van der Waals surface area (Å²) in [4.78, 5) is 3.48.